The number of thioether (sulfide) groups is 1. The lowest BCUT2D eigenvalue weighted by molar-refractivity contribution is 0.353. The summed E-state index contributed by atoms with van der Waals surface area (Å²) in [6.07, 6.45) is 7.63. The molecule has 1 fully saturated rings. The lowest BCUT2D eigenvalue weighted by atomic mass is 9.94. The van der Waals surface area contributed by atoms with E-state index in [9.17, 15) is 0 Å². The zero-order valence-corrected chi connectivity index (χ0v) is 12.5. The third kappa shape index (κ3) is 3.46. The van der Waals surface area contributed by atoms with E-state index in [1.54, 1.807) is 11.3 Å². The molecule has 0 bridgehead atoms. The first-order valence-corrected chi connectivity index (χ1v) is 8.56. The van der Waals surface area contributed by atoms with Gasteiger partial charge in [0.2, 0.25) is 0 Å². The Kier molecular flexibility index (Phi) is 4.88. The van der Waals surface area contributed by atoms with Crippen LogP contribution in [0.5, 0.6) is 0 Å². The quantitative estimate of drug-likeness (QED) is 0.901. The molecule has 1 unspecified atom stereocenters. The number of aryl methyl sites for hydroxylation is 1. The van der Waals surface area contributed by atoms with Gasteiger partial charge in [-0.05, 0) is 45.8 Å². The van der Waals surface area contributed by atoms with Gasteiger partial charge in [0.25, 0.3) is 0 Å². The van der Waals surface area contributed by atoms with Gasteiger partial charge in [-0.1, -0.05) is 0 Å². The van der Waals surface area contributed by atoms with Gasteiger partial charge >= 0.3 is 0 Å². The molecular formula is C13H22N2S2. The first-order valence-electron chi connectivity index (χ1n) is 6.39. The summed E-state index contributed by atoms with van der Waals surface area (Å²) < 4.78 is 0. The van der Waals surface area contributed by atoms with Gasteiger partial charge in [-0.25, -0.2) is 4.98 Å². The molecule has 1 atom stereocenters. The fraction of sp³-hybridized carbons (Fsp3) is 0.769. The van der Waals surface area contributed by atoms with E-state index < -0.39 is 0 Å². The SMILES string of the molecule is CSC1CCC(NC(C)c2scnc2C)CC1. The zero-order valence-electron chi connectivity index (χ0n) is 10.9. The Balaban J connectivity index is 1.84. The number of thiazole rings is 1. The Labute approximate surface area is 113 Å². The lowest BCUT2D eigenvalue weighted by Gasteiger charge is -2.30. The number of hydrogen-bond donors (Lipinski definition) is 1. The monoisotopic (exact) mass is 270 g/mol. The standard InChI is InChI=1S/C13H22N2S2/c1-9-13(17-8-14-9)10(2)15-11-4-6-12(16-3)7-5-11/h8,10-12,15H,4-7H2,1-3H3. The summed E-state index contributed by atoms with van der Waals surface area (Å²) in [6.45, 7) is 4.37. The summed E-state index contributed by atoms with van der Waals surface area (Å²) >= 11 is 3.80. The third-order valence-corrected chi connectivity index (χ3v) is 5.92. The molecule has 1 N–H and O–H groups in total. The van der Waals surface area contributed by atoms with E-state index in [4.69, 9.17) is 0 Å². The summed E-state index contributed by atoms with van der Waals surface area (Å²) in [5.74, 6) is 0. The number of hydrogen-bond acceptors (Lipinski definition) is 4. The van der Waals surface area contributed by atoms with Crippen LogP contribution in [0, 0.1) is 6.92 Å². The van der Waals surface area contributed by atoms with Crippen molar-refractivity contribution in [2.75, 3.05) is 6.26 Å². The Morgan fingerprint density at radius 2 is 2.12 bits per heavy atom. The van der Waals surface area contributed by atoms with Crippen molar-refractivity contribution in [3.63, 3.8) is 0 Å². The average molecular weight is 270 g/mol. The van der Waals surface area contributed by atoms with E-state index in [1.165, 1.54) is 36.3 Å². The predicted octanol–water partition coefficient (Wildman–Crippen LogP) is 3.78. The highest BCUT2D eigenvalue weighted by atomic mass is 32.2. The van der Waals surface area contributed by atoms with E-state index in [2.05, 4.69) is 30.4 Å². The van der Waals surface area contributed by atoms with E-state index >= 15 is 0 Å². The van der Waals surface area contributed by atoms with Crippen molar-refractivity contribution in [3.8, 4) is 0 Å². The minimum Gasteiger partial charge on any atom is -0.307 e. The molecule has 0 radical (unpaired) electrons. The number of nitrogens with one attached hydrogen (secondary N) is 1. The van der Waals surface area contributed by atoms with Gasteiger partial charge in [0.05, 0.1) is 11.2 Å². The molecule has 0 aromatic carbocycles. The van der Waals surface area contributed by atoms with E-state index in [0.29, 0.717) is 12.1 Å². The highest BCUT2D eigenvalue weighted by molar-refractivity contribution is 7.99. The van der Waals surface area contributed by atoms with Crippen molar-refractivity contribution >= 4 is 23.1 Å². The molecule has 4 heteroatoms. The van der Waals surface area contributed by atoms with Crippen LogP contribution in [0.15, 0.2) is 5.51 Å². The molecule has 0 saturated heterocycles. The topological polar surface area (TPSA) is 24.9 Å². The Morgan fingerprint density at radius 1 is 1.41 bits per heavy atom. The van der Waals surface area contributed by atoms with Gasteiger partial charge < -0.3 is 5.32 Å². The molecule has 2 nitrogen and oxygen atoms in total. The van der Waals surface area contributed by atoms with Crippen LogP contribution in [0.2, 0.25) is 0 Å². The van der Waals surface area contributed by atoms with Crippen LogP contribution in [-0.2, 0) is 0 Å². The smallest absolute Gasteiger partial charge is 0.0798 e. The third-order valence-electron chi connectivity index (χ3n) is 3.67. The fourth-order valence-corrected chi connectivity index (χ4v) is 4.18. The highest BCUT2D eigenvalue weighted by Gasteiger charge is 2.22. The van der Waals surface area contributed by atoms with E-state index in [1.807, 2.05) is 17.3 Å². The van der Waals surface area contributed by atoms with Crippen LogP contribution in [-0.4, -0.2) is 22.5 Å². The maximum Gasteiger partial charge on any atom is 0.0798 e. The van der Waals surface area contributed by atoms with Crippen molar-refractivity contribution in [1.82, 2.24) is 10.3 Å². The fourth-order valence-electron chi connectivity index (χ4n) is 2.62. The molecule has 1 aliphatic carbocycles. The van der Waals surface area contributed by atoms with Crippen molar-refractivity contribution in [2.24, 2.45) is 0 Å². The minimum atomic E-state index is 0.457. The maximum atomic E-state index is 4.33. The van der Waals surface area contributed by atoms with Gasteiger partial charge in [0.15, 0.2) is 0 Å². The minimum absolute atomic E-state index is 0.457. The van der Waals surface area contributed by atoms with Crippen molar-refractivity contribution < 1.29 is 0 Å². The molecular weight excluding hydrogens is 248 g/mol. The summed E-state index contributed by atoms with van der Waals surface area (Å²) in [4.78, 5) is 5.73. The normalized spacial score (nSPS) is 27.0. The molecule has 0 amide bonds. The molecule has 1 saturated carbocycles. The van der Waals surface area contributed by atoms with Crippen LogP contribution < -0.4 is 5.32 Å². The van der Waals surface area contributed by atoms with E-state index in [0.717, 1.165) is 5.25 Å². The Hall–Kier alpha value is -0.0600. The molecule has 0 aliphatic heterocycles. The Morgan fingerprint density at radius 3 is 2.65 bits per heavy atom. The van der Waals surface area contributed by atoms with Crippen molar-refractivity contribution in [1.29, 1.82) is 0 Å². The molecule has 1 heterocycles. The summed E-state index contributed by atoms with van der Waals surface area (Å²) in [6, 6.07) is 1.16. The molecule has 1 aliphatic rings. The van der Waals surface area contributed by atoms with Crippen LogP contribution in [0.4, 0.5) is 0 Å². The average Bonchev–Trinajstić information content (AvgIpc) is 2.76. The van der Waals surface area contributed by atoms with Crippen molar-refractivity contribution in [2.45, 2.75) is 56.9 Å². The van der Waals surface area contributed by atoms with Crippen LogP contribution in [0.3, 0.4) is 0 Å². The molecule has 2 rings (SSSR count). The lowest BCUT2D eigenvalue weighted by Crippen LogP contribution is -2.35. The second-order valence-electron chi connectivity index (χ2n) is 4.90. The molecule has 0 spiro atoms. The highest BCUT2D eigenvalue weighted by Crippen LogP contribution is 2.29. The maximum absolute atomic E-state index is 4.33. The number of nitrogens with zero attached hydrogens (tertiary/aromatic N) is 1. The second-order valence-corrected chi connectivity index (χ2v) is 6.92. The molecule has 17 heavy (non-hydrogen) atoms. The summed E-state index contributed by atoms with van der Waals surface area (Å²) in [5, 5.41) is 4.66. The van der Waals surface area contributed by atoms with Gasteiger partial charge in [0, 0.05) is 22.2 Å². The van der Waals surface area contributed by atoms with Crippen LogP contribution >= 0.6 is 23.1 Å². The second kappa shape index (κ2) is 6.21. The Bertz CT molecular complexity index is 343. The predicted molar refractivity (Wildman–Crippen MR) is 78.0 cm³/mol. The van der Waals surface area contributed by atoms with E-state index in [-0.39, 0.29) is 0 Å². The van der Waals surface area contributed by atoms with Gasteiger partial charge in [0.1, 0.15) is 0 Å². The summed E-state index contributed by atoms with van der Waals surface area (Å²) in [5.41, 5.74) is 3.14. The molecule has 1 aromatic heterocycles. The first-order chi connectivity index (χ1) is 8.20. The molecule has 1 aromatic rings. The first kappa shape index (κ1) is 13.4. The number of aromatic nitrogens is 1. The number of rotatable bonds is 4. The van der Waals surface area contributed by atoms with Gasteiger partial charge in [-0.2, -0.15) is 11.8 Å². The van der Waals surface area contributed by atoms with Gasteiger partial charge in [-0.15, -0.1) is 11.3 Å². The summed E-state index contributed by atoms with van der Waals surface area (Å²) in [7, 11) is 0. The van der Waals surface area contributed by atoms with Crippen LogP contribution in [0.25, 0.3) is 0 Å². The largest absolute Gasteiger partial charge is 0.307 e. The molecule has 96 valence electrons. The van der Waals surface area contributed by atoms with Crippen molar-refractivity contribution in [3.05, 3.63) is 16.1 Å². The van der Waals surface area contributed by atoms with Crippen LogP contribution in [0.1, 0.15) is 49.2 Å². The zero-order chi connectivity index (χ0) is 12.3. The van der Waals surface area contributed by atoms with Gasteiger partial charge in [-0.3, -0.25) is 0 Å².